The Hall–Kier alpha value is -1.30. The van der Waals surface area contributed by atoms with E-state index in [2.05, 4.69) is 15.7 Å². The Morgan fingerprint density at radius 3 is 2.90 bits per heavy atom. The second kappa shape index (κ2) is 1.60. The van der Waals surface area contributed by atoms with Gasteiger partial charge in [0.25, 0.3) is 0 Å². The van der Waals surface area contributed by atoms with Crippen molar-refractivity contribution in [3.8, 4) is 6.07 Å². The van der Waals surface area contributed by atoms with Crippen molar-refractivity contribution in [2.75, 3.05) is 0 Å². The molecule has 0 spiro atoms. The molecular formula is C7H6N2O. The van der Waals surface area contributed by atoms with Crippen LogP contribution in [0.1, 0.15) is 18.5 Å². The van der Waals surface area contributed by atoms with Crippen LogP contribution in [0.5, 0.6) is 0 Å². The topological polar surface area (TPSA) is 49.8 Å². The van der Waals surface area contributed by atoms with Gasteiger partial charge in [-0.25, -0.2) is 0 Å². The molecule has 0 amide bonds. The summed E-state index contributed by atoms with van der Waals surface area (Å²) in [5.74, 6) is 0. The van der Waals surface area contributed by atoms with E-state index in [1.54, 1.807) is 6.07 Å². The summed E-state index contributed by atoms with van der Waals surface area (Å²) in [4.78, 5) is 0. The van der Waals surface area contributed by atoms with Crippen LogP contribution in [0.25, 0.3) is 0 Å². The molecule has 50 valence electrons. The smallest absolute Gasteiger partial charge is 0.124 e. The average Bonchev–Trinajstić information content (AvgIpc) is 2.58. The maximum Gasteiger partial charge on any atom is 0.124 e. The molecule has 10 heavy (non-hydrogen) atoms. The van der Waals surface area contributed by atoms with Gasteiger partial charge < -0.3 is 4.52 Å². The maximum absolute atomic E-state index is 8.70. The molecule has 0 saturated heterocycles. The van der Waals surface area contributed by atoms with Gasteiger partial charge in [0.15, 0.2) is 0 Å². The summed E-state index contributed by atoms with van der Waals surface area (Å²) in [5, 5.41) is 12.4. The second-order valence-corrected chi connectivity index (χ2v) is 2.58. The van der Waals surface area contributed by atoms with E-state index >= 15 is 0 Å². The summed E-state index contributed by atoms with van der Waals surface area (Å²) >= 11 is 0. The predicted octanol–water partition coefficient (Wildman–Crippen LogP) is 1.23. The summed E-state index contributed by atoms with van der Waals surface area (Å²) in [6.07, 6.45) is 3.36. The molecular weight excluding hydrogens is 128 g/mol. The molecule has 0 aliphatic heterocycles. The van der Waals surface area contributed by atoms with Crippen LogP contribution >= 0.6 is 0 Å². The standard InChI is InChI=1S/C7H6N2O/c8-5-7(2-3-7)6-1-4-10-9-6/h1,4H,2-3H2. The SMILES string of the molecule is N#CC1(c2ccon2)CC1. The van der Waals surface area contributed by atoms with E-state index in [0.717, 1.165) is 18.5 Å². The van der Waals surface area contributed by atoms with Gasteiger partial charge in [-0.1, -0.05) is 5.16 Å². The average molecular weight is 134 g/mol. The van der Waals surface area contributed by atoms with Gasteiger partial charge in [0.05, 0.1) is 6.07 Å². The maximum atomic E-state index is 8.70. The van der Waals surface area contributed by atoms with Crippen LogP contribution in [-0.2, 0) is 5.41 Å². The fourth-order valence-corrected chi connectivity index (χ4v) is 1.01. The lowest BCUT2D eigenvalue weighted by Crippen LogP contribution is -2.01. The van der Waals surface area contributed by atoms with Gasteiger partial charge in [0.2, 0.25) is 0 Å². The van der Waals surface area contributed by atoms with Gasteiger partial charge in [-0.15, -0.1) is 0 Å². The Kier molecular flexibility index (Phi) is 0.877. The van der Waals surface area contributed by atoms with Crippen molar-refractivity contribution >= 4 is 0 Å². The summed E-state index contributed by atoms with van der Waals surface area (Å²) in [6.45, 7) is 0. The highest BCUT2D eigenvalue weighted by Crippen LogP contribution is 2.46. The largest absolute Gasteiger partial charge is 0.364 e. The Labute approximate surface area is 58.2 Å². The Bertz CT molecular complexity index is 266. The van der Waals surface area contributed by atoms with Gasteiger partial charge >= 0.3 is 0 Å². The highest BCUT2D eigenvalue weighted by atomic mass is 16.5. The quantitative estimate of drug-likeness (QED) is 0.580. The van der Waals surface area contributed by atoms with Gasteiger partial charge in [0.1, 0.15) is 17.4 Å². The molecule has 0 atom stereocenters. The third-order valence-corrected chi connectivity index (χ3v) is 1.89. The molecule has 0 radical (unpaired) electrons. The van der Waals surface area contributed by atoms with Crippen molar-refractivity contribution in [1.29, 1.82) is 5.26 Å². The zero-order valence-electron chi connectivity index (χ0n) is 5.37. The van der Waals surface area contributed by atoms with Crippen LogP contribution in [0.3, 0.4) is 0 Å². The van der Waals surface area contributed by atoms with E-state index in [4.69, 9.17) is 5.26 Å². The van der Waals surface area contributed by atoms with Crippen LogP contribution in [0.15, 0.2) is 16.9 Å². The van der Waals surface area contributed by atoms with E-state index < -0.39 is 0 Å². The van der Waals surface area contributed by atoms with E-state index in [-0.39, 0.29) is 5.41 Å². The molecule has 1 heterocycles. The zero-order chi connectivity index (χ0) is 7.03. The first-order chi connectivity index (χ1) is 4.87. The van der Waals surface area contributed by atoms with Crippen LogP contribution in [0.4, 0.5) is 0 Å². The van der Waals surface area contributed by atoms with Crippen LogP contribution in [-0.4, -0.2) is 5.16 Å². The van der Waals surface area contributed by atoms with E-state index in [0.29, 0.717) is 0 Å². The van der Waals surface area contributed by atoms with Crippen molar-refractivity contribution in [2.45, 2.75) is 18.3 Å². The molecule has 2 rings (SSSR count). The first-order valence-electron chi connectivity index (χ1n) is 3.19. The first kappa shape index (κ1) is 5.48. The fraction of sp³-hybridized carbons (Fsp3) is 0.429. The monoisotopic (exact) mass is 134 g/mol. The summed E-state index contributed by atoms with van der Waals surface area (Å²) in [5.41, 5.74) is 0.502. The van der Waals surface area contributed by atoms with Crippen LogP contribution < -0.4 is 0 Å². The lowest BCUT2D eigenvalue weighted by Gasteiger charge is -1.94. The fourth-order valence-electron chi connectivity index (χ4n) is 1.01. The minimum absolute atomic E-state index is 0.285. The van der Waals surface area contributed by atoms with Gasteiger partial charge in [-0.3, -0.25) is 0 Å². The highest BCUT2D eigenvalue weighted by Gasteiger charge is 2.47. The molecule has 1 aliphatic rings. The molecule has 1 aliphatic carbocycles. The number of nitriles is 1. The van der Waals surface area contributed by atoms with Crippen molar-refractivity contribution in [2.24, 2.45) is 0 Å². The summed E-state index contributed by atoms with van der Waals surface area (Å²) in [6, 6.07) is 3.99. The Morgan fingerprint density at radius 1 is 1.70 bits per heavy atom. The molecule has 3 nitrogen and oxygen atoms in total. The molecule has 0 aromatic carbocycles. The van der Waals surface area contributed by atoms with Crippen molar-refractivity contribution in [3.63, 3.8) is 0 Å². The predicted molar refractivity (Wildman–Crippen MR) is 33.0 cm³/mol. The van der Waals surface area contributed by atoms with Crippen LogP contribution in [0.2, 0.25) is 0 Å². The first-order valence-corrected chi connectivity index (χ1v) is 3.19. The number of hydrogen-bond acceptors (Lipinski definition) is 3. The summed E-state index contributed by atoms with van der Waals surface area (Å²) in [7, 11) is 0. The van der Waals surface area contributed by atoms with Crippen LogP contribution in [0, 0.1) is 11.3 Å². The van der Waals surface area contributed by atoms with Crippen molar-refractivity contribution in [1.82, 2.24) is 5.16 Å². The van der Waals surface area contributed by atoms with Crippen molar-refractivity contribution < 1.29 is 4.52 Å². The molecule has 1 aromatic rings. The molecule has 0 bridgehead atoms. The van der Waals surface area contributed by atoms with E-state index in [9.17, 15) is 0 Å². The summed E-state index contributed by atoms with van der Waals surface area (Å²) < 4.78 is 4.64. The molecule has 0 N–H and O–H groups in total. The number of hydrogen-bond donors (Lipinski definition) is 0. The highest BCUT2D eigenvalue weighted by molar-refractivity contribution is 5.32. The molecule has 3 heteroatoms. The molecule has 1 aromatic heterocycles. The van der Waals surface area contributed by atoms with Crippen molar-refractivity contribution in [3.05, 3.63) is 18.0 Å². The lowest BCUT2D eigenvalue weighted by molar-refractivity contribution is 0.408. The number of nitrogens with zero attached hydrogens (tertiary/aromatic N) is 2. The van der Waals surface area contributed by atoms with Gasteiger partial charge in [0, 0.05) is 6.07 Å². The lowest BCUT2D eigenvalue weighted by atomic mass is 10.1. The third kappa shape index (κ3) is 0.561. The van der Waals surface area contributed by atoms with E-state index in [1.165, 1.54) is 6.26 Å². The molecule has 1 fully saturated rings. The third-order valence-electron chi connectivity index (χ3n) is 1.89. The Morgan fingerprint density at radius 2 is 2.50 bits per heavy atom. The minimum atomic E-state index is -0.285. The van der Waals surface area contributed by atoms with E-state index in [1.807, 2.05) is 0 Å². The number of rotatable bonds is 1. The minimum Gasteiger partial charge on any atom is -0.364 e. The Balaban J connectivity index is 2.38. The zero-order valence-corrected chi connectivity index (χ0v) is 5.37. The van der Waals surface area contributed by atoms with Gasteiger partial charge in [-0.05, 0) is 12.8 Å². The molecule has 1 saturated carbocycles. The molecule has 0 unspecified atom stereocenters. The number of aromatic nitrogens is 1. The van der Waals surface area contributed by atoms with Gasteiger partial charge in [-0.2, -0.15) is 5.26 Å². The normalized spacial score (nSPS) is 19.9. The second-order valence-electron chi connectivity index (χ2n) is 2.58.